The number of amides is 1. The van der Waals surface area contributed by atoms with Gasteiger partial charge in [-0.3, -0.25) is 4.79 Å². The van der Waals surface area contributed by atoms with E-state index in [1.54, 1.807) is 0 Å². The fourth-order valence-corrected chi connectivity index (χ4v) is 2.21. The van der Waals surface area contributed by atoms with Gasteiger partial charge in [0.15, 0.2) is 0 Å². The monoisotopic (exact) mass is 291 g/mol. The SMILES string of the molecule is Cc1cc(OCCCC(=O)NCC(C)C)ccc1C(C)C. The lowest BCUT2D eigenvalue weighted by Gasteiger charge is -2.12. The maximum Gasteiger partial charge on any atom is 0.220 e. The Kier molecular flexibility index (Phi) is 7.27. The summed E-state index contributed by atoms with van der Waals surface area (Å²) in [6.07, 6.45) is 1.27. The molecule has 0 aromatic heterocycles. The average molecular weight is 291 g/mol. The van der Waals surface area contributed by atoms with Gasteiger partial charge in [0.05, 0.1) is 6.61 Å². The molecular formula is C18H29NO2. The Balaban J connectivity index is 2.30. The molecule has 0 aliphatic heterocycles. The minimum absolute atomic E-state index is 0.110. The molecular weight excluding hydrogens is 262 g/mol. The first-order valence-corrected chi connectivity index (χ1v) is 7.90. The molecule has 118 valence electrons. The van der Waals surface area contributed by atoms with Crippen LogP contribution >= 0.6 is 0 Å². The summed E-state index contributed by atoms with van der Waals surface area (Å²) in [5.74, 6) is 2.02. The topological polar surface area (TPSA) is 38.3 Å². The maximum atomic E-state index is 11.6. The zero-order chi connectivity index (χ0) is 15.8. The van der Waals surface area contributed by atoms with E-state index in [0.29, 0.717) is 24.9 Å². The van der Waals surface area contributed by atoms with E-state index in [9.17, 15) is 4.79 Å². The molecule has 3 nitrogen and oxygen atoms in total. The molecule has 0 spiro atoms. The fourth-order valence-electron chi connectivity index (χ4n) is 2.21. The van der Waals surface area contributed by atoms with Gasteiger partial charge in [0.2, 0.25) is 5.91 Å². The van der Waals surface area contributed by atoms with Crippen molar-refractivity contribution in [3.63, 3.8) is 0 Å². The van der Waals surface area contributed by atoms with Crippen LogP contribution in [0.3, 0.4) is 0 Å². The Bertz CT molecular complexity index is 453. The van der Waals surface area contributed by atoms with Crippen LogP contribution in [0.15, 0.2) is 18.2 Å². The molecule has 0 saturated carbocycles. The van der Waals surface area contributed by atoms with Gasteiger partial charge in [-0.25, -0.2) is 0 Å². The van der Waals surface area contributed by atoms with Gasteiger partial charge in [0, 0.05) is 13.0 Å². The maximum absolute atomic E-state index is 11.6. The van der Waals surface area contributed by atoms with E-state index in [1.165, 1.54) is 11.1 Å². The van der Waals surface area contributed by atoms with Crippen molar-refractivity contribution in [3.8, 4) is 5.75 Å². The Labute approximate surface area is 129 Å². The number of nitrogens with one attached hydrogen (secondary N) is 1. The number of carbonyl (C=O) groups is 1. The van der Waals surface area contributed by atoms with Crippen LogP contribution in [-0.2, 0) is 4.79 Å². The highest BCUT2D eigenvalue weighted by Gasteiger charge is 2.05. The lowest BCUT2D eigenvalue weighted by molar-refractivity contribution is -0.121. The van der Waals surface area contributed by atoms with Crippen molar-refractivity contribution in [3.05, 3.63) is 29.3 Å². The van der Waals surface area contributed by atoms with Gasteiger partial charge in [-0.05, 0) is 48.4 Å². The molecule has 0 bridgehead atoms. The molecule has 0 radical (unpaired) electrons. The smallest absolute Gasteiger partial charge is 0.220 e. The molecule has 3 heteroatoms. The molecule has 0 unspecified atom stereocenters. The molecule has 0 aliphatic carbocycles. The van der Waals surface area contributed by atoms with Gasteiger partial charge in [0.25, 0.3) is 0 Å². The zero-order valence-electron chi connectivity index (χ0n) is 14.0. The van der Waals surface area contributed by atoms with E-state index in [2.05, 4.69) is 52.1 Å². The molecule has 0 atom stereocenters. The van der Waals surface area contributed by atoms with Crippen LogP contribution in [0.25, 0.3) is 0 Å². The number of carbonyl (C=O) groups excluding carboxylic acids is 1. The van der Waals surface area contributed by atoms with E-state index in [-0.39, 0.29) is 5.91 Å². The van der Waals surface area contributed by atoms with Crippen molar-refractivity contribution >= 4 is 5.91 Å². The second kappa shape index (κ2) is 8.71. The summed E-state index contributed by atoms with van der Waals surface area (Å²) in [5, 5.41) is 2.92. The summed E-state index contributed by atoms with van der Waals surface area (Å²) < 4.78 is 5.72. The molecule has 1 rings (SSSR count). The van der Waals surface area contributed by atoms with Gasteiger partial charge in [-0.2, -0.15) is 0 Å². The number of hydrogen-bond donors (Lipinski definition) is 1. The molecule has 0 fully saturated rings. The van der Waals surface area contributed by atoms with Crippen molar-refractivity contribution < 1.29 is 9.53 Å². The highest BCUT2D eigenvalue weighted by Crippen LogP contribution is 2.23. The highest BCUT2D eigenvalue weighted by molar-refractivity contribution is 5.75. The number of hydrogen-bond acceptors (Lipinski definition) is 2. The van der Waals surface area contributed by atoms with E-state index in [4.69, 9.17) is 4.74 Å². The molecule has 1 amide bonds. The fraction of sp³-hybridized carbons (Fsp3) is 0.611. The Morgan fingerprint density at radius 3 is 2.52 bits per heavy atom. The van der Waals surface area contributed by atoms with Crippen molar-refractivity contribution in [2.24, 2.45) is 5.92 Å². The van der Waals surface area contributed by atoms with Crippen molar-refractivity contribution in [1.82, 2.24) is 5.32 Å². The molecule has 1 aromatic rings. The van der Waals surface area contributed by atoms with E-state index in [1.807, 2.05) is 6.07 Å². The zero-order valence-corrected chi connectivity index (χ0v) is 14.0. The van der Waals surface area contributed by atoms with Gasteiger partial charge in [-0.1, -0.05) is 33.8 Å². The second-order valence-corrected chi connectivity index (χ2v) is 6.32. The van der Waals surface area contributed by atoms with Crippen molar-refractivity contribution in [2.45, 2.75) is 53.4 Å². The predicted molar refractivity (Wildman–Crippen MR) is 87.8 cm³/mol. The minimum Gasteiger partial charge on any atom is -0.494 e. The van der Waals surface area contributed by atoms with Crippen LogP contribution in [0.4, 0.5) is 0 Å². The van der Waals surface area contributed by atoms with Gasteiger partial charge >= 0.3 is 0 Å². The first-order valence-electron chi connectivity index (χ1n) is 7.90. The van der Waals surface area contributed by atoms with Crippen molar-refractivity contribution in [2.75, 3.05) is 13.2 Å². The summed E-state index contributed by atoms with van der Waals surface area (Å²) >= 11 is 0. The third-order valence-corrected chi connectivity index (χ3v) is 3.39. The normalized spacial score (nSPS) is 11.0. The highest BCUT2D eigenvalue weighted by atomic mass is 16.5. The Morgan fingerprint density at radius 1 is 1.24 bits per heavy atom. The van der Waals surface area contributed by atoms with E-state index in [0.717, 1.165) is 18.7 Å². The molecule has 0 aliphatic rings. The van der Waals surface area contributed by atoms with Gasteiger partial charge < -0.3 is 10.1 Å². The molecule has 1 aromatic carbocycles. The van der Waals surface area contributed by atoms with E-state index < -0.39 is 0 Å². The molecule has 21 heavy (non-hydrogen) atoms. The summed E-state index contributed by atoms with van der Waals surface area (Å²) in [4.78, 5) is 11.6. The number of benzene rings is 1. The standard InChI is InChI=1S/C18H29NO2/c1-13(2)12-19-18(20)7-6-10-21-16-8-9-17(14(3)4)15(5)11-16/h8-9,11,13-14H,6-7,10,12H2,1-5H3,(H,19,20). The second-order valence-electron chi connectivity index (χ2n) is 6.32. The number of rotatable bonds is 8. The molecule has 0 saturated heterocycles. The first kappa shape index (κ1) is 17.5. The van der Waals surface area contributed by atoms with Crippen LogP contribution in [0, 0.1) is 12.8 Å². The van der Waals surface area contributed by atoms with Crippen LogP contribution in [-0.4, -0.2) is 19.1 Å². The predicted octanol–water partition coefficient (Wildman–Crippen LogP) is 4.05. The lowest BCUT2D eigenvalue weighted by atomic mass is 9.98. The quantitative estimate of drug-likeness (QED) is 0.734. The van der Waals surface area contributed by atoms with Crippen LogP contribution in [0.5, 0.6) is 5.75 Å². The summed E-state index contributed by atoms with van der Waals surface area (Å²) in [5.41, 5.74) is 2.62. The lowest BCUT2D eigenvalue weighted by Crippen LogP contribution is -2.27. The third-order valence-electron chi connectivity index (χ3n) is 3.39. The summed E-state index contributed by atoms with van der Waals surface area (Å²) in [6.45, 7) is 12.0. The van der Waals surface area contributed by atoms with Gasteiger partial charge in [-0.15, -0.1) is 0 Å². The summed E-state index contributed by atoms with van der Waals surface area (Å²) in [6, 6.07) is 6.22. The Hall–Kier alpha value is -1.51. The van der Waals surface area contributed by atoms with Crippen LogP contribution in [0.2, 0.25) is 0 Å². The molecule has 1 N–H and O–H groups in total. The minimum atomic E-state index is 0.110. The largest absolute Gasteiger partial charge is 0.494 e. The number of ether oxygens (including phenoxy) is 1. The van der Waals surface area contributed by atoms with Crippen LogP contribution < -0.4 is 10.1 Å². The van der Waals surface area contributed by atoms with Gasteiger partial charge in [0.1, 0.15) is 5.75 Å². The van der Waals surface area contributed by atoms with E-state index >= 15 is 0 Å². The Morgan fingerprint density at radius 2 is 1.95 bits per heavy atom. The average Bonchev–Trinajstić information content (AvgIpc) is 2.41. The van der Waals surface area contributed by atoms with Crippen molar-refractivity contribution in [1.29, 1.82) is 0 Å². The van der Waals surface area contributed by atoms with Crippen LogP contribution in [0.1, 0.15) is 57.6 Å². The summed E-state index contributed by atoms with van der Waals surface area (Å²) in [7, 11) is 0. The third kappa shape index (κ3) is 6.65. The first-order chi connectivity index (χ1) is 9.90. The molecule has 0 heterocycles. The number of aryl methyl sites for hydroxylation is 1.